The van der Waals surface area contributed by atoms with Crippen LogP contribution in [-0.2, 0) is 4.79 Å². The molecule has 1 aliphatic rings. The van der Waals surface area contributed by atoms with Crippen molar-refractivity contribution in [1.82, 2.24) is 4.90 Å². The van der Waals surface area contributed by atoms with Crippen LogP contribution in [0.1, 0.15) is 19.8 Å². The predicted octanol–water partition coefficient (Wildman–Crippen LogP) is 2.14. The van der Waals surface area contributed by atoms with E-state index in [0.717, 1.165) is 25.1 Å². The van der Waals surface area contributed by atoms with Crippen LogP contribution in [0.25, 0.3) is 0 Å². The van der Waals surface area contributed by atoms with Crippen LogP contribution in [0.3, 0.4) is 0 Å². The molecule has 0 saturated heterocycles. The Balaban J connectivity index is 2.70. The van der Waals surface area contributed by atoms with Gasteiger partial charge in [-0.3, -0.25) is 0 Å². The number of carboxylic acid groups (broad SMARTS) is 1. The monoisotopic (exact) mass is 193 g/mol. The average Bonchev–Trinajstić information content (AvgIpc) is 2.16. The van der Waals surface area contributed by atoms with Crippen molar-refractivity contribution in [1.29, 1.82) is 0 Å². The van der Waals surface area contributed by atoms with Crippen molar-refractivity contribution < 1.29 is 9.90 Å². The summed E-state index contributed by atoms with van der Waals surface area (Å²) in [6.45, 7) is 6.78. The van der Waals surface area contributed by atoms with E-state index in [9.17, 15) is 4.79 Å². The summed E-state index contributed by atoms with van der Waals surface area (Å²) in [5.74, 6) is -0.893. The first-order chi connectivity index (χ1) is 6.65. The number of aliphatic carboxylic acids is 1. The Hall–Kier alpha value is -1.51. The molecule has 0 aliphatic carbocycles. The molecule has 3 nitrogen and oxygen atoms in total. The molecule has 14 heavy (non-hydrogen) atoms. The van der Waals surface area contributed by atoms with Gasteiger partial charge >= 0.3 is 5.97 Å². The molecule has 1 aliphatic heterocycles. The lowest BCUT2D eigenvalue weighted by Crippen LogP contribution is -2.20. The molecule has 0 bridgehead atoms. The number of nitrogens with zero attached hydrogens (tertiary/aromatic N) is 1. The maximum absolute atomic E-state index is 10.7. The fraction of sp³-hybridized carbons (Fsp3) is 0.364. The molecule has 1 heterocycles. The third-order valence-electron chi connectivity index (χ3n) is 2.12. The molecule has 0 unspecified atom stereocenters. The molecule has 76 valence electrons. The molecule has 1 N–H and O–H groups in total. The summed E-state index contributed by atoms with van der Waals surface area (Å²) < 4.78 is 0. The molecule has 0 spiro atoms. The molecule has 0 amide bonds. The minimum absolute atomic E-state index is 0.313. The van der Waals surface area contributed by atoms with E-state index in [-0.39, 0.29) is 0 Å². The van der Waals surface area contributed by atoms with Gasteiger partial charge in [0, 0.05) is 18.4 Å². The first-order valence-electron chi connectivity index (χ1n) is 4.74. The van der Waals surface area contributed by atoms with E-state index in [1.807, 2.05) is 4.90 Å². The fourth-order valence-electron chi connectivity index (χ4n) is 1.24. The number of hydrogen-bond donors (Lipinski definition) is 1. The zero-order valence-corrected chi connectivity index (χ0v) is 8.36. The topological polar surface area (TPSA) is 40.5 Å². The van der Waals surface area contributed by atoms with Crippen LogP contribution in [0.15, 0.2) is 36.2 Å². The van der Waals surface area contributed by atoms with Crippen molar-refractivity contribution >= 4 is 5.97 Å². The lowest BCUT2D eigenvalue weighted by Gasteiger charge is -2.23. The van der Waals surface area contributed by atoms with Crippen molar-refractivity contribution in [3.8, 4) is 0 Å². The Bertz CT molecular complexity index is 302. The van der Waals surface area contributed by atoms with Gasteiger partial charge in [0.25, 0.3) is 0 Å². The SMILES string of the molecule is C=C1C=CC(C(=O)O)=CN1CCCC. The first-order valence-corrected chi connectivity index (χ1v) is 4.74. The molecule has 0 aromatic rings. The molecular weight excluding hydrogens is 178 g/mol. The number of carbonyl (C=O) groups is 1. The first kappa shape index (κ1) is 10.6. The Kier molecular flexibility index (Phi) is 3.51. The highest BCUT2D eigenvalue weighted by Gasteiger charge is 2.12. The van der Waals surface area contributed by atoms with Crippen molar-refractivity contribution in [3.63, 3.8) is 0 Å². The van der Waals surface area contributed by atoms with Gasteiger partial charge in [0.05, 0.1) is 5.57 Å². The maximum Gasteiger partial charge on any atom is 0.337 e. The van der Waals surface area contributed by atoms with Crippen LogP contribution in [0.5, 0.6) is 0 Å². The van der Waals surface area contributed by atoms with E-state index < -0.39 is 5.97 Å². The Morgan fingerprint density at radius 2 is 2.29 bits per heavy atom. The highest BCUT2D eigenvalue weighted by atomic mass is 16.4. The number of rotatable bonds is 4. The maximum atomic E-state index is 10.7. The Labute approximate surface area is 84.0 Å². The minimum Gasteiger partial charge on any atom is -0.478 e. The van der Waals surface area contributed by atoms with Crippen molar-refractivity contribution in [2.45, 2.75) is 19.8 Å². The van der Waals surface area contributed by atoms with Crippen LogP contribution in [0.4, 0.5) is 0 Å². The molecule has 0 saturated carbocycles. The van der Waals surface area contributed by atoms with E-state index in [2.05, 4.69) is 13.5 Å². The van der Waals surface area contributed by atoms with Gasteiger partial charge in [0.2, 0.25) is 0 Å². The minimum atomic E-state index is -0.893. The fourth-order valence-corrected chi connectivity index (χ4v) is 1.24. The van der Waals surface area contributed by atoms with Gasteiger partial charge in [0.15, 0.2) is 0 Å². The van der Waals surface area contributed by atoms with E-state index in [1.165, 1.54) is 0 Å². The van der Waals surface area contributed by atoms with Crippen LogP contribution in [-0.4, -0.2) is 22.5 Å². The summed E-state index contributed by atoms with van der Waals surface area (Å²) in [5, 5.41) is 8.79. The Morgan fingerprint density at radius 3 is 2.86 bits per heavy atom. The van der Waals surface area contributed by atoms with E-state index >= 15 is 0 Å². The quantitative estimate of drug-likeness (QED) is 0.743. The second-order valence-electron chi connectivity index (χ2n) is 3.26. The molecule has 3 heteroatoms. The predicted molar refractivity (Wildman–Crippen MR) is 55.6 cm³/mol. The van der Waals surface area contributed by atoms with Gasteiger partial charge in [-0.05, 0) is 18.6 Å². The van der Waals surface area contributed by atoms with E-state index in [0.29, 0.717) is 5.57 Å². The lowest BCUT2D eigenvalue weighted by atomic mass is 10.1. The summed E-state index contributed by atoms with van der Waals surface area (Å²) in [7, 11) is 0. The largest absolute Gasteiger partial charge is 0.478 e. The van der Waals surface area contributed by atoms with Gasteiger partial charge in [-0.1, -0.05) is 19.9 Å². The van der Waals surface area contributed by atoms with Crippen molar-refractivity contribution in [2.24, 2.45) is 0 Å². The van der Waals surface area contributed by atoms with Gasteiger partial charge in [-0.2, -0.15) is 0 Å². The molecular formula is C11H15NO2. The number of carboxylic acids is 1. The lowest BCUT2D eigenvalue weighted by molar-refractivity contribution is -0.132. The Morgan fingerprint density at radius 1 is 1.57 bits per heavy atom. The summed E-state index contributed by atoms with van der Waals surface area (Å²) in [6, 6.07) is 0. The molecule has 0 aromatic heterocycles. The molecule has 1 rings (SSSR count). The van der Waals surface area contributed by atoms with Gasteiger partial charge < -0.3 is 10.0 Å². The molecule has 0 atom stereocenters. The smallest absolute Gasteiger partial charge is 0.337 e. The highest BCUT2D eigenvalue weighted by Crippen LogP contribution is 2.16. The molecule has 0 aromatic carbocycles. The average molecular weight is 193 g/mol. The second-order valence-corrected chi connectivity index (χ2v) is 3.26. The van der Waals surface area contributed by atoms with Crippen LogP contribution in [0.2, 0.25) is 0 Å². The van der Waals surface area contributed by atoms with Crippen molar-refractivity contribution in [3.05, 3.63) is 36.2 Å². The highest BCUT2D eigenvalue weighted by molar-refractivity contribution is 5.90. The van der Waals surface area contributed by atoms with Gasteiger partial charge in [0.1, 0.15) is 0 Å². The summed E-state index contributed by atoms with van der Waals surface area (Å²) in [6.07, 6.45) is 7.08. The van der Waals surface area contributed by atoms with Crippen LogP contribution < -0.4 is 0 Å². The molecule has 0 fully saturated rings. The second kappa shape index (κ2) is 4.65. The van der Waals surface area contributed by atoms with Crippen LogP contribution in [0, 0.1) is 0 Å². The normalized spacial score (nSPS) is 15.6. The standard InChI is InChI=1S/C11H15NO2/c1-3-4-7-12-8-10(11(13)14)6-5-9(12)2/h5-6,8H,2-4,7H2,1H3,(H,13,14). The van der Waals surface area contributed by atoms with Gasteiger partial charge in [-0.15, -0.1) is 0 Å². The van der Waals surface area contributed by atoms with Crippen molar-refractivity contribution in [2.75, 3.05) is 6.54 Å². The number of unbranched alkanes of at least 4 members (excludes halogenated alkanes) is 1. The zero-order chi connectivity index (χ0) is 10.6. The number of hydrogen-bond acceptors (Lipinski definition) is 2. The van der Waals surface area contributed by atoms with Crippen LogP contribution >= 0.6 is 0 Å². The summed E-state index contributed by atoms with van der Waals surface area (Å²) >= 11 is 0. The van der Waals surface area contributed by atoms with E-state index in [1.54, 1.807) is 18.4 Å². The van der Waals surface area contributed by atoms with Gasteiger partial charge in [-0.25, -0.2) is 4.79 Å². The third-order valence-corrected chi connectivity index (χ3v) is 2.12. The summed E-state index contributed by atoms with van der Waals surface area (Å²) in [4.78, 5) is 12.6. The molecule has 0 radical (unpaired) electrons. The summed E-state index contributed by atoms with van der Waals surface area (Å²) in [5.41, 5.74) is 1.16. The van der Waals surface area contributed by atoms with E-state index in [4.69, 9.17) is 5.11 Å². The zero-order valence-electron chi connectivity index (χ0n) is 8.36. The third kappa shape index (κ3) is 2.49. The number of allylic oxidation sites excluding steroid dienone is 1.